The third kappa shape index (κ3) is 4.31. The highest BCUT2D eigenvalue weighted by atomic mass is 32.2. The summed E-state index contributed by atoms with van der Waals surface area (Å²) in [5.74, 6) is -1.33. The molecule has 0 aliphatic rings. The number of ether oxygens (including phenoxy) is 1. The lowest BCUT2D eigenvalue weighted by atomic mass is 10.0. The molecule has 5 nitrogen and oxygen atoms in total. The Kier molecular flexibility index (Phi) is 6.16. The SMILES string of the molecule is CCNC(c1ccccc1)C(C)S(=O)(=O)CC(=O)OC. The van der Waals surface area contributed by atoms with E-state index in [0.717, 1.165) is 5.56 Å². The second-order valence-electron chi connectivity index (χ2n) is 4.53. The molecule has 0 fully saturated rings. The summed E-state index contributed by atoms with van der Waals surface area (Å²) in [6.45, 7) is 4.16. The van der Waals surface area contributed by atoms with E-state index in [0.29, 0.717) is 6.54 Å². The quantitative estimate of drug-likeness (QED) is 0.769. The highest BCUT2D eigenvalue weighted by Crippen LogP contribution is 2.22. The van der Waals surface area contributed by atoms with E-state index in [-0.39, 0.29) is 6.04 Å². The van der Waals surface area contributed by atoms with Gasteiger partial charge in [0.1, 0.15) is 5.75 Å². The molecule has 20 heavy (non-hydrogen) atoms. The van der Waals surface area contributed by atoms with Crippen molar-refractivity contribution in [2.45, 2.75) is 25.1 Å². The average molecular weight is 299 g/mol. The summed E-state index contributed by atoms with van der Waals surface area (Å²) in [6, 6.07) is 8.99. The third-order valence-corrected chi connectivity index (χ3v) is 5.21. The molecule has 0 amide bonds. The number of nitrogens with one attached hydrogen (secondary N) is 1. The minimum absolute atomic E-state index is 0.351. The summed E-state index contributed by atoms with van der Waals surface area (Å²) in [5.41, 5.74) is 0.885. The molecular formula is C14H21NO4S. The predicted octanol–water partition coefficient (Wildman–Crippen LogP) is 1.31. The van der Waals surface area contributed by atoms with Crippen LogP contribution in [0.1, 0.15) is 25.5 Å². The highest BCUT2D eigenvalue weighted by molar-refractivity contribution is 7.92. The van der Waals surface area contributed by atoms with Crippen molar-refractivity contribution in [3.8, 4) is 0 Å². The van der Waals surface area contributed by atoms with Crippen LogP contribution in [-0.2, 0) is 19.4 Å². The Labute approximate surface area is 120 Å². The molecule has 2 unspecified atom stereocenters. The van der Waals surface area contributed by atoms with Crippen molar-refractivity contribution in [1.29, 1.82) is 0 Å². The fourth-order valence-corrected chi connectivity index (χ4v) is 3.37. The summed E-state index contributed by atoms with van der Waals surface area (Å²) >= 11 is 0. The molecule has 0 spiro atoms. The van der Waals surface area contributed by atoms with Crippen molar-refractivity contribution in [1.82, 2.24) is 5.32 Å². The van der Waals surface area contributed by atoms with Gasteiger partial charge in [-0.2, -0.15) is 0 Å². The monoisotopic (exact) mass is 299 g/mol. The number of carbonyl (C=O) groups is 1. The van der Waals surface area contributed by atoms with E-state index in [1.54, 1.807) is 6.92 Å². The molecule has 112 valence electrons. The Hall–Kier alpha value is -1.40. The summed E-state index contributed by atoms with van der Waals surface area (Å²) in [5, 5.41) is 2.45. The van der Waals surface area contributed by atoms with Gasteiger partial charge >= 0.3 is 5.97 Å². The van der Waals surface area contributed by atoms with Gasteiger partial charge in [-0.05, 0) is 19.0 Å². The van der Waals surface area contributed by atoms with Crippen molar-refractivity contribution >= 4 is 15.8 Å². The minimum atomic E-state index is -3.58. The number of benzene rings is 1. The molecule has 0 saturated carbocycles. The second-order valence-corrected chi connectivity index (χ2v) is 6.89. The number of carbonyl (C=O) groups excluding carboxylic acids is 1. The Balaban J connectivity index is 3.00. The molecule has 0 radical (unpaired) electrons. The lowest BCUT2D eigenvalue weighted by molar-refractivity contribution is -0.137. The van der Waals surface area contributed by atoms with E-state index in [4.69, 9.17) is 0 Å². The van der Waals surface area contributed by atoms with Gasteiger partial charge < -0.3 is 10.1 Å². The molecule has 2 atom stereocenters. The van der Waals surface area contributed by atoms with Gasteiger partial charge in [-0.25, -0.2) is 8.42 Å². The maximum atomic E-state index is 12.2. The lowest BCUT2D eigenvalue weighted by Gasteiger charge is -2.25. The Morgan fingerprint density at radius 1 is 1.30 bits per heavy atom. The zero-order valence-electron chi connectivity index (χ0n) is 12.0. The molecule has 0 aromatic heterocycles. The molecule has 0 heterocycles. The van der Waals surface area contributed by atoms with Crippen LogP contribution in [-0.4, -0.2) is 39.0 Å². The highest BCUT2D eigenvalue weighted by Gasteiger charge is 2.32. The Morgan fingerprint density at radius 3 is 2.40 bits per heavy atom. The van der Waals surface area contributed by atoms with Crippen molar-refractivity contribution in [2.24, 2.45) is 0 Å². The second kappa shape index (κ2) is 7.40. The van der Waals surface area contributed by atoms with Crippen molar-refractivity contribution in [3.63, 3.8) is 0 Å². The smallest absolute Gasteiger partial charge is 0.320 e. The van der Waals surface area contributed by atoms with Gasteiger partial charge in [0.05, 0.1) is 12.4 Å². The van der Waals surface area contributed by atoms with Crippen LogP contribution >= 0.6 is 0 Å². The van der Waals surface area contributed by atoms with Crippen LogP contribution in [0, 0.1) is 0 Å². The number of rotatable bonds is 7. The molecule has 0 aliphatic heterocycles. The van der Waals surface area contributed by atoms with E-state index in [9.17, 15) is 13.2 Å². The van der Waals surface area contributed by atoms with Gasteiger partial charge in [0.2, 0.25) is 0 Å². The van der Waals surface area contributed by atoms with Gasteiger partial charge in [0.15, 0.2) is 9.84 Å². The summed E-state index contributed by atoms with van der Waals surface area (Å²) < 4.78 is 28.9. The molecule has 1 N–H and O–H groups in total. The van der Waals surface area contributed by atoms with Crippen molar-refractivity contribution in [3.05, 3.63) is 35.9 Å². The number of hydrogen-bond acceptors (Lipinski definition) is 5. The molecule has 1 rings (SSSR count). The Bertz CT molecular complexity index is 527. The summed E-state index contributed by atoms with van der Waals surface area (Å²) in [7, 11) is -2.40. The molecule has 0 aliphatic carbocycles. The first-order valence-electron chi connectivity index (χ1n) is 6.49. The van der Waals surface area contributed by atoms with Gasteiger partial charge in [-0.3, -0.25) is 4.79 Å². The molecule has 0 bridgehead atoms. The van der Waals surface area contributed by atoms with Crippen molar-refractivity contribution in [2.75, 3.05) is 19.4 Å². The van der Waals surface area contributed by atoms with Gasteiger partial charge in [-0.1, -0.05) is 37.3 Å². The molecular weight excluding hydrogens is 278 g/mol. The van der Waals surface area contributed by atoms with Crippen LogP contribution in [0.3, 0.4) is 0 Å². The van der Waals surface area contributed by atoms with Crippen LogP contribution < -0.4 is 5.32 Å². The third-order valence-electron chi connectivity index (χ3n) is 3.17. The number of sulfone groups is 1. The van der Waals surface area contributed by atoms with Crippen LogP contribution in [0.15, 0.2) is 30.3 Å². The van der Waals surface area contributed by atoms with Crippen LogP contribution in [0.5, 0.6) is 0 Å². The summed E-state index contributed by atoms with van der Waals surface area (Å²) in [6.07, 6.45) is 0. The Morgan fingerprint density at radius 2 is 1.90 bits per heavy atom. The number of methoxy groups -OCH3 is 1. The standard InChI is InChI=1S/C14H21NO4S/c1-4-15-14(12-8-6-5-7-9-12)11(2)20(17,18)10-13(16)19-3/h5-9,11,14-15H,4,10H2,1-3H3. The minimum Gasteiger partial charge on any atom is -0.468 e. The van der Waals surface area contributed by atoms with E-state index < -0.39 is 26.8 Å². The van der Waals surface area contributed by atoms with Crippen LogP contribution in [0.2, 0.25) is 0 Å². The normalized spacial score (nSPS) is 14.6. The van der Waals surface area contributed by atoms with E-state index >= 15 is 0 Å². The van der Waals surface area contributed by atoms with Crippen molar-refractivity contribution < 1.29 is 17.9 Å². The number of hydrogen-bond donors (Lipinski definition) is 1. The van der Waals surface area contributed by atoms with Gasteiger partial charge in [0.25, 0.3) is 0 Å². The molecule has 1 aromatic carbocycles. The molecule has 1 aromatic rings. The maximum absolute atomic E-state index is 12.2. The van der Waals surface area contributed by atoms with Crippen LogP contribution in [0.25, 0.3) is 0 Å². The maximum Gasteiger partial charge on any atom is 0.320 e. The van der Waals surface area contributed by atoms with E-state index in [1.807, 2.05) is 37.3 Å². The van der Waals surface area contributed by atoms with E-state index in [2.05, 4.69) is 10.1 Å². The zero-order chi connectivity index (χ0) is 15.2. The zero-order valence-corrected chi connectivity index (χ0v) is 12.8. The topological polar surface area (TPSA) is 72.5 Å². The van der Waals surface area contributed by atoms with E-state index in [1.165, 1.54) is 7.11 Å². The largest absolute Gasteiger partial charge is 0.468 e. The van der Waals surface area contributed by atoms with Gasteiger partial charge in [0, 0.05) is 6.04 Å². The number of esters is 1. The molecule has 0 saturated heterocycles. The first-order valence-corrected chi connectivity index (χ1v) is 8.20. The predicted molar refractivity (Wildman–Crippen MR) is 78.1 cm³/mol. The average Bonchev–Trinajstić information content (AvgIpc) is 2.44. The first-order chi connectivity index (χ1) is 9.42. The fourth-order valence-electron chi connectivity index (χ4n) is 2.00. The lowest BCUT2D eigenvalue weighted by Crippen LogP contribution is -2.38. The fraction of sp³-hybridized carbons (Fsp3) is 0.500. The van der Waals surface area contributed by atoms with Gasteiger partial charge in [-0.15, -0.1) is 0 Å². The first kappa shape index (κ1) is 16.7. The summed E-state index contributed by atoms with van der Waals surface area (Å²) in [4.78, 5) is 11.2. The van der Waals surface area contributed by atoms with Crippen LogP contribution in [0.4, 0.5) is 0 Å². The molecule has 6 heteroatoms.